The van der Waals surface area contributed by atoms with Gasteiger partial charge in [0.25, 0.3) is 11.1 Å². The molecule has 0 bridgehead atoms. The Kier molecular flexibility index (Phi) is 9.40. The molecule has 0 atom stereocenters. The van der Waals surface area contributed by atoms with Crippen LogP contribution in [-0.4, -0.2) is 42.9 Å². The molecule has 2 amide bonds. The molecule has 0 N–H and O–H groups in total. The van der Waals surface area contributed by atoms with Gasteiger partial charge in [0.05, 0.1) is 24.7 Å². The van der Waals surface area contributed by atoms with Crippen LogP contribution in [0.5, 0.6) is 11.5 Å². The highest BCUT2D eigenvalue weighted by atomic mass is 127. The molecule has 6 nitrogen and oxygen atoms in total. The minimum absolute atomic E-state index is 0.232. The third kappa shape index (κ3) is 6.61. The van der Waals surface area contributed by atoms with Crippen molar-refractivity contribution in [3.8, 4) is 11.5 Å². The third-order valence-corrected chi connectivity index (χ3v) is 6.43. The Hall–Kier alpha value is -2.30. The first-order chi connectivity index (χ1) is 16.0. The van der Waals surface area contributed by atoms with E-state index in [2.05, 4.69) is 29.2 Å². The average Bonchev–Trinajstić information content (AvgIpc) is 3.05. The molecular formula is C25H26INO5S. The van der Waals surface area contributed by atoms with Crippen molar-refractivity contribution >= 4 is 51.6 Å². The van der Waals surface area contributed by atoms with E-state index < -0.39 is 0 Å². The number of hydrogen-bond donors (Lipinski definition) is 0. The van der Waals surface area contributed by atoms with Crippen molar-refractivity contribution in [3.05, 3.63) is 74.2 Å². The lowest BCUT2D eigenvalue weighted by Crippen LogP contribution is -2.31. The van der Waals surface area contributed by atoms with Gasteiger partial charge in [-0.1, -0.05) is 18.2 Å². The number of imide groups is 1. The molecule has 1 saturated heterocycles. The molecule has 0 spiro atoms. The van der Waals surface area contributed by atoms with E-state index in [4.69, 9.17) is 14.2 Å². The number of methoxy groups -OCH3 is 1. The van der Waals surface area contributed by atoms with Crippen LogP contribution >= 0.6 is 34.4 Å². The maximum absolute atomic E-state index is 12.7. The molecule has 1 fully saturated rings. The molecule has 2 aromatic rings. The molecule has 33 heavy (non-hydrogen) atoms. The van der Waals surface area contributed by atoms with Crippen LogP contribution in [0.25, 0.3) is 6.08 Å². The molecule has 174 valence electrons. The van der Waals surface area contributed by atoms with E-state index in [1.54, 1.807) is 12.2 Å². The Labute approximate surface area is 212 Å². The number of rotatable bonds is 11. The predicted octanol–water partition coefficient (Wildman–Crippen LogP) is 5.68. The summed E-state index contributed by atoms with van der Waals surface area (Å²) < 4.78 is 18.2. The highest BCUT2D eigenvalue weighted by Gasteiger charge is 2.34. The summed E-state index contributed by atoms with van der Waals surface area (Å²) in [7, 11) is 1.54. The van der Waals surface area contributed by atoms with E-state index in [1.807, 2.05) is 43.3 Å². The van der Waals surface area contributed by atoms with Crippen molar-refractivity contribution in [2.24, 2.45) is 0 Å². The first kappa shape index (κ1) is 25.3. The van der Waals surface area contributed by atoms with E-state index in [-0.39, 0.29) is 17.7 Å². The summed E-state index contributed by atoms with van der Waals surface area (Å²) in [5.74, 6) is 0.928. The van der Waals surface area contributed by atoms with E-state index in [0.717, 1.165) is 32.0 Å². The van der Waals surface area contributed by atoms with Gasteiger partial charge in [-0.25, -0.2) is 0 Å². The lowest BCUT2D eigenvalue weighted by atomic mass is 10.0. The van der Waals surface area contributed by atoms with Gasteiger partial charge in [0.2, 0.25) is 0 Å². The number of nitrogens with zero attached hydrogens (tertiary/aromatic N) is 1. The SMILES string of the molecule is C=CCc1cc(/C=C2/SC(=O)N(CCOC)C2=O)cc(OCC)c1OCc1ccc(I)cc1. The first-order valence-electron chi connectivity index (χ1n) is 10.5. The summed E-state index contributed by atoms with van der Waals surface area (Å²) in [6, 6.07) is 11.9. The molecule has 1 aliphatic heterocycles. The van der Waals surface area contributed by atoms with Crippen molar-refractivity contribution in [1.29, 1.82) is 0 Å². The van der Waals surface area contributed by atoms with Gasteiger partial charge < -0.3 is 14.2 Å². The fourth-order valence-electron chi connectivity index (χ4n) is 3.26. The topological polar surface area (TPSA) is 65.1 Å². The molecular weight excluding hydrogens is 553 g/mol. The van der Waals surface area contributed by atoms with Gasteiger partial charge in [-0.05, 0) is 89.2 Å². The molecule has 0 saturated carbocycles. The number of benzene rings is 2. The summed E-state index contributed by atoms with van der Waals surface area (Å²) in [5, 5.41) is -0.294. The van der Waals surface area contributed by atoms with Crippen molar-refractivity contribution < 1.29 is 23.8 Å². The van der Waals surface area contributed by atoms with Crippen LogP contribution in [0.4, 0.5) is 4.79 Å². The third-order valence-electron chi connectivity index (χ3n) is 4.80. The van der Waals surface area contributed by atoms with Gasteiger partial charge in [0.1, 0.15) is 6.61 Å². The van der Waals surface area contributed by atoms with Crippen LogP contribution in [0.1, 0.15) is 23.6 Å². The number of carbonyl (C=O) groups excluding carboxylic acids is 2. The Morgan fingerprint density at radius 1 is 1.15 bits per heavy atom. The Morgan fingerprint density at radius 2 is 1.91 bits per heavy atom. The fraction of sp³-hybridized carbons (Fsp3) is 0.280. The maximum Gasteiger partial charge on any atom is 0.293 e. The highest BCUT2D eigenvalue weighted by molar-refractivity contribution is 14.1. The Morgan fingerprint density at radius 3 is 2.58 bits per heavy atom. The van der Waals surface area contributed by atoms with Gasteiger partial charge in [-0.15, -0.1) is 6.58 Å². The van der Waals surface area contributed by atoms with Crippen molar-refractivity contribution in [2.75, 3.05) is 26.9 Å². The van der Waals surface area contributed by atoms with Gasteiger partial charge in [-0.3, -0.25) is 14.5 Å². The van der Waals surface area contributed by atoms with Crippen LogP contribution in [0.15, 0.2) is 54.0 Å². The average molecular weight is 579 g/mol. The van der Waals surface area contributed by atoms with Crippen LogP contribution < -0.4 is 9.47 Å². The van der Waals surface area contributed by atoms with Gasteiger partial charge in [0.15, 0.2) is 11.5 Å². The maximum atomic E-state index is 12.7. The zero-order valence-corrected chi connectivity index (χ0v) is 21.6. The van der Waals surface area contributed by atoms with Crippen molar-refractivity contribution in [1.82, 2.24) is 4.90 Å². The molecule has 2 aromatic carbocycles. The number of hydrogen-bond acceptors (Lipinski definition) is 6. The summed E-state index contributed by atoms with van der Waals surface area (Å²) in [6.07, 6.45) is 4.08. The van der Waals surface area contributed by atoms with Gasteiger partial charge >= 0.3 is 0 Å². The fourth-order valence-corrected chi connectivity index (χ4v) is 4.49. The van der Waals surface area contributed by atoms with E-state index in [1.165, 1.54) is 12.0 Å². The quantitative estimate of drug-likeness (QED) is 0.194. The zero-order valence-electron chi connectivity index (χ0n) is 18.6. The number of allylic oxidation sites excluding steroid dienone is 1. The number of carbonyl (C=O) groups is 2. The lowest BCUT2D eigenvalue weighted by Gasteiger charge is -2.17. The lowest BCUT2D eigenvalue weighted by molar-refractivity contribution is -0.123. The van der Waals surface area contributed by atoms with E-state index in [9.17, 15) is 9.59 Å². The molecule has 0 aliphatic carbocycles. The minimum Gasteiger partial charge on any atom is -0.490 e. The minimum atomic E-state index is -0.315. The normalized spacial score (nSPS) is 14.8. The molecule has 0 radical (unpaired) electrons. The molecule has 0 unspecified atom stereocenters. The Bertz CT molecular complexity index is 1050. The van der Waals surface area contributed by atoms with Crippen molar-refractivity contribution in [2.45, 2.75) is 20.0 Å². The van der Waals surface area contributed by atoms with E-state index >= 15 is 0 Å². The summed E-state index contributed by atoms with van der Waals surface area (Å²) >= 11 is 3.20. The zero-order chi connectivity index (χ0) is 23.8. The molecule has 3 rings (SSSR count). The smallest absolute Gasteiger partial charge is 0.293 e. The summed E-state index contributed by atoms with van der Waals surface area (Å²) in [4.78, 5) is 26.5. The Balaban J connectivity index is 1.91. The second-order valence-electron chi connectivity index (χ2n) is 7.17. The number of thioether (sulfide) groups is 1. The van der Waals surface area contributed by atoms with Gasteiger partial charge in [0, 0.05) is 16.2 Å². The summed E-state index contributed by atoms with van der Waals surface area (Å²) in [6.45, 7) is 7.16. The number of ether oxygens (including phenoxy) is 3. The molecule has 0 aromatic heterocycles. The van der Waals surface area contributed by atoms with Crippen LogP contribution in [0, 0.1) is 3.57 Å². The summed E-state index contributed by atoms with van der Waals surface area (Å²) in [5.41, 5.74) is 2.71. The van der Waals surface area contributed by atoms with Crippen LogP contribution in [0.3, 0.4) is 0 Å². The largest absolute Gasteiger partial charge is 0.490 e. The molecule has 8 heteroatoms. The number of halogens is 1. The highest BCUT2D eigenvalue weighted by Crippen LogP contribution is 2.37. The standard InChI is InChI=1S/C25H26INO5S/c1-4-6-19-13-18(15-22-24(28)27(11-12-30-3)25(29)33-22)14-21(31-5-2)23(19)32-16-17-7-9-20(26)10-8-17/h4,7-10,13-15H,1,5-6,11-12,16H2,2-3H3/b22-15+. The van der Waals surface area contributed by atoms with E-state index in [0.29, 0.717) is 42.6 Å². The van der Waals surface area contributed by atoms with Crippen LogP contribution in [-0.2, 0) is 22.6 Å². The van der Waals surface area contributed by atoms with Crippen LogP contribution in [0.2, 0.25) is 0 Å². The predicted molar refractivity (Wildman–Crippen MR) is 140 cm³/mol. The first-order valence-corrected chi connectivity index (χ1v) is 12.4. The van der Waals surface area contributed by atoms with Gasteiger partial charge in [-0.2, -0.15) is 0 Å². The molecule has 1 aliphatic rings. The number of amides is 2. The monoisotopic (exact) mass is 579 g/mol. The second-order valence-corrected chi connectivity index (χ2v) is 9.41. The van der Waals surface area contributed by atoms with Crippen molar-refractivity contribution in [3.63, 3.8) is 0 Å². The molecule has 1 heterocycles. The second kappa shape index (κ2) is 12.2.